The Morgan fingerprint density at radius 3 is 2.64 bits per heavy atom. The SMILES string of the molecule is CCc1c(C)nc(SC/C(=N\NC(=O)c2cccc(O)c2)c2cccc([N+](=O)[O-])c2)[nH]c1=O. The van der Waals surface area contributed by atoms with Gasteiger partial charge in [0, 0.05) is 40.3 Å². The molecule has 0 fully saturated rings. The number of aryl methyl sites for hydroxylation is 1. The van der Waals surface area contributed by atoms with Crippen LogP contribution in [-0.2, 0) is 6.42 Å². The number of rotatable bonds is 8. The third-order valence-electron chi connectivity index (χ3n) is 4.69. The second-order valence-electron chi connectivity index (χ2n) is 6.93. The molecule has 0 atom stereocenters. The molecule has 33 heavy (non-hydrogen) atoms. The van der Waals surface area contributed by atoms with Gasteiger partial charge in [-0.15, -0.1) is 0 Å². The molecule has 0 spiro atoms. The van der Waals surface area contributed by atoms with Gasteiger partial charge < -0.3 is 10.1 Å². The van der Waals surface area contributed by atoms with Crippen LogP contribution in [0.15, 0.2) is 63.6 Å². The fraction of sp³-hybridized carbons (Fsp3) is 0.182. The van der Waals surface area contributed by atoms with Crippen LogP contribution in [0, 0.1) is 17.0 Å². The van der Waals surface area contributed by atoms with Gasteiger partial charge in [0.25, 0.3) is 17.2 Å². The summed E-state index contributed by atoms with van der Waals surface area (Å²) in [5.41, 5.74) is 4.24. The zero-order valence-corrected chi connectivity index (χ0v) is 18.7. The van der Waals surface area contributed by atoms with Gasteiger partial charge in [-0.3, -0.25) is 19.7 Å². The summed E-state index contributed by atoms with van der Waals surface area (Å²) in [6, 6.07) is 11.6. The first-order valence-electron chi connectivity index (χ1n) is 9.91. The van der Waals surface area contributed by atoms with Crippen LogP contribution in [0.25, 0.3) is 0 Å². The molecule has 3 N–H and O–H groups in total. The molecule has 0 bridgehead atoms. The molecule has 2 aromatic carbocycles. The lowest BCUT2D eigenvalue weighted by atomic mass is 10.1. The average molecular weight is 468 g/mol. The number of phenolic OH excluding ortho intramolecular Hbond substituents is 1. The number of aromatic nitrogens is 2. The number of H-pyrrole nitrogens is 1. The van der Waals surface area contributed by atoms with E-state index in [-0.39, 0.29) is 28.3 Å². The number of hydrogen-bond donors (Lipinski definition) is 3. The number of nitrogens with one attached hydrogen (secondary N) is 2. The van der Waals surface area contributed by atoms with Gasteiger partial charge in [0.15, 0.2) is 5.16 Å². The predicted octanol–water partition coefficient (Wildman–Crippen LogP) is 3.18. The Hall–Kier alpha value is -3.99. The smallest absolute Gasteiger partial charge is 0.271 e. The second-order valence-corrected chi connectivity index (χ2v) is 7.90. The molecule has 3 rings (SSSR count). The first kappa shape index (κ1) is 23.7. The van der Waals surface area contributed by atoms with Gasteiger partial charge in [-0.2, -0.15) is 5.10 Å². The van der Waals surface area contributed by atoms with Crippen molar-refractivity contribution in [3.63, 3.8) is 0 Å². The van der Waals surface area contributed by atoms with Crippen LogP contribution in [0.1, 0.15) is 34.1 Å². The third-order valence-corrected chi connectivity index (χ3v) is 5.58. The normalized spacial score (nSPS) is 11.3. The molecule has 0 unspecified atom stereocenters. The van der Waals surface area contributed by atoms with Crippen LogP contribution < -0.4 is 11.0 Å². The number of hydrazone groups is 1. The molecule has 170 valence electrons. The highest BCUT2D eigenvalue weighted by atomic mass is 32.2. The minimum atomic E-state index is -0.562. The van der Waals surface area contributed by atoms with Crippen molar-refractivity contribution in [3.05, 3.63) is 91.4 Å². The van der Waals surface area contributed by atoms with E-state index in [4.69, 9.17) is 0 Å². The first-order chi connectivity index (χ1) is 15.8. The van der Waals surface area contributed by atoms with Crippen molar-refractivity contribution in [1.82, 2.24) is 15.4 Å². The lowest BCUT2D eigenvalue weighted by Gasteiger charge is -2.09. The van der Waals surface area contributed by atoms with Crippen LogP contribution in [0.2, 0.25) is 0 Å². The van der Waals surface area contributed by atoms with Crippen molar-refractivity contribution in [2.24, 2.45) is 5.10 Å². The maximum atomic E-state index is 12.4. The maximum Gasteiger partial charge on any atom is 0.271 e. The van der Waals surface area contributed by atoms with Gasteiger partial charge in [-0.1, -0.05) is 36.9 Å². The molecule has 10 nitrogen and oxygen atoms in total. The Balaban J connectivity index is 1.89. The minimum absolute atomic E-state index is 0.0676. The Morgan fingerprint density at radius 1 is 1.24 bits per heavy atom. The van der Waals surface area contributed by atoms with Crippen molar-refractivity contribution in [3.8, 4) is 5.75 Å². The summed E-state index contributed by atoms with van der Waals surface area (Å²) >= 11 is 1.18. The van der Waals surface area contributed by atoms with Gasteiger partial charge >= 0.3 is 0 Å². The molecule has 0 aliphatic heterocycles. The van der Waals surface area contributed by atoms with E-state index in [9.17, 15) is 24.8 Å². The summed E-state index contributed by atoms with van der Waals surface area (Å²) < 4.78 is 0. The van der Waals surface area contributed by atoms with Crippen molar-refractivity contribution in [2.75, 3.05) is 5.75 Å². The summed E-state index contributed by atoms with van der Waals surface area (Å²) in [6.07, 6.45) is 0.556. The number of aromatic hydroxyl groups is 1. The molecular formula is C22H21N5O5S. The van der Waals surface area contributed by atoms with E-state index >= 15 is 0 Å². The Bertz CT molecular complexity index is 1290. The number of amides is 1. The molecule has 0 aliphatic carbocycles. The molecule has 1 aromatic heterocycles. The highest BCUT2D eigenvalue weighted by molar-refractivity contribution is 7.99. The van der Waals surface area contributed by atoms with E-state index < -0.39 is 10.8 Å². The molecular weight excluding hydrogens is 446 g/mol. The van der Waals surface area contributed by atoms with Crippen molar-refractivity contribution in [2.45, 2.75) is 25.4 Å². The van der Waals surface area contributed by atoms with E-state index in [1.807, 2.05) is 6.92 Å². The van der Waals surface area contributed by atoms with E-state index in [1.54, 1.807) is 13.0 Å². The summed E-state index contributed by atoms with van der Waals surface area (Å²) in [5, 5.41) is 25.3. The van der Waals surface area contributed by atoms with Crippen LogP contribution in [0.5, 0.6) is 5.75 Å². The van der Waals surface area contributed by atoms with Crippen LogP contribution in [0.4, 0.5) is 5.69 Å². The van der Waals surface area contributed by atoms with Crippen LogP contribution in [0.3, 0.4) is 0 Å². The summed E-state index contributed by atoms with van der Waals surface area (Å²) in [6.45, 7) is 3.62. The predicted molar refractivity (Wildman–Crippen MR) is 125 cm³/mol. The maximum absolute atomic E-state index is 12.4. The van der Waals surface area contributed by atoms with Gasteiger partial charge in [-0.25, -0.2) is 10.4 Å². The third kappa shape index (κ3) is 6.04. The van der Waals surface area contributed by atoms with E-state index in [1.165, 1.54) is 54.2 Å². The van der Waals surface area contributed by atoms with Gasteiger partial charge in [0.1, 0.15) is 5.75 Å². The zero-order chi connectivity index (χ0) is 24.0. The number of benzene rings is 2. The number of hydrogen-bond acceptors (Lipinski definition) is 8. The fourth-order valence-corrected chi connectivity index (χ4v) is 3.89. The zero-order valence-electron chi connectivity index (χ0n) is 17.9. The van der Waals surface area contributed by atoms with Crippen LogP contribution >= 0.6 is 11.8 Å². The molecule has 11 heteroatoms. The largest absolute Gasteiger partial charge is 0.508 e. The van der Waals surface area contributed by atoms with Crippen LogP contribution in [-0.4, -0.2) is 37.4 Å². The van der Waals surface area contributed by atoms with Crippen molar-refractivity contribution < 1.29 is 14.8 Å². The average Bonchev–Trinajstić information content (AvgIpc) is 2.79. The van der Waals surface area contributed by atoms with Gasteiger partial charge in [0.05, 0.1) is 10.6 Å². The quantitative estimate of drug-likeness (QED) is 0.151. The van der Waals surface area contributed by atoms with Crippen molar-refractivity contribution >= 4 is 29.1 Å². The number of non-ortho nitro benzene ring substituents is 1. The summed E-state index contributed by atoms with van der Waals surface area (Å²) in [4.78, 5) is 42.5. The minimum Gasteiger partial charge on any atom is -0.508 e. The molecule has 0 radical (unpaired) electrons. The Kier molecular flexibility index (Phi) is 7.57. The monoisotopic (exact) mass is 467 g/mol. The van der Waals surface area contributed by atoms with E-state index in [2.05, 4.69) is 20.5 Å². The molecule has 1 amide bonds. The molecule has 0 aliphatic rings. The fourth-order valence-electron chi connectivity index (χ4n) is 3.02. The molecule has 0 saturated heterocycles. The number of nitro benzene ring substituents is 1. The van der Waals surface area contributed by atoms with Gasteiger partial charge in [-0.05, 0) is 31.5 Å². The Labute approximate surface area is 192 Å². The van der Waals surface area contributed by atoms with Gasteiger partial charge in [0.2, 0.25) is 0 Å². The number of phenols is 1. The topological polar surface area (TPSA) is 151 Å². The highest BCUT2D eigenvalue weighted by Gasteiger charge is 2.14. The highest BCUT2D eigenvalue weighted by Crippen LogP contribution is 2.19. The summed E-state index contributed by atoms with van der Waals surface area (Å²) in [7, 11) is 0. The van der Waals surface area contributed by atoms with E-state index in [0.717, 1.165) is 0 Å². The number of thioether (sulfide) groups is 1. The number of nitrogens with zero attached hydrogens (tertiary/aromatic N) is 3. The Morgan fingerprint density at radius 2 is 1.97 bits per heavy atom. The molecule has 0 saturated carbocycles. The lowest BCUT2D eigenvalue weighted by molar-refractivity contribution is -0.384. The van der Waals surface area contributed by atoms with E-state index in [0.29, 0.717) is 34.1 Å². The lowest BCUT2D eigenvalue weighted by Crippen LogP contribution is -2.21. The standard InChI is InChI=1S/C22H21N5O5S/c1-3-18-13(2)23-22(24-21(18)30)33-12-19(14-6-4-8-16(10-14)27(31)32)25-26-20(29)15-7-5-9-17(28)11-15/h4-11,28H,3,12H2,1-2H3,(H,26,29)(H,23,24,30)/b25-19+. The number of carbonyl (C=O) groups is 1. The molecule has 1 heterocycles. The number of nitro groups is 1. The van der Waals surface area contributed by atoms with Crippen molar-refractivity contribution in [1.29, 1.82) is 0 Å². The number of aromatic amines is 1. The summed E-state index contributed by atoms with van der Waals surface area (Å²) in [5.74, 6) is -0.467. The first-order valence-corrected chi connectivity index (χ1v) is 10.9. The second kappa shape index (κ2) is 10.6. The number of carbonyl (C=O) groups excluding carboxylic acids is 1. The molecule has 3 aromatic rings.